The molecule has 3 aromatic carbocycles. The first-order valence-electron chi connectivity index (χ1n) is 11.5. The van der Waals surface area contributed by atoms with Gasteiger partial charge >= 0.3 is 0 Å². The molecule has 0 bridgehead atoms. The van der Waals surface area contributed by atoms with Gasteiger partial charge in [-0.15, -0.1) is 0 Å². The molecular formula is C27H24BrN3O4S. The minimum Gasteiger partial charge on any atom is -0.361 e. The molecule has 9 heteroatoms. The number of imide groups is 1. The number of aromatic nitrogens is 1. The van der Waals surface area contributed by atoms with E-state index in [1.807, 2.05) is 49.5 Å². The van der Waals surface area contributed by atoms with E-state index >= 15 is 0 Å². The van der Waals surface area contributed by atoms with Crippen molar-refractivity contribution in [2.75, 3.05) is 11.4 Å². The van der Waals surface area contributed by atoms with Gasteiger partial charge in [-0.3, -0.25) is 9.59 Å². The largest absolute Gasteiger partial charge is 0.361 e. The molecule has 1 atom stereocenters. The summed E-state index contributed by atoms with van der Waals surface area (Å²) in [6, 6.07) is 20.0. The Morgan fingerprint density at radius 2 is 1.69 bits per heavy atom. The smallest absolute Gasteiger partial charge is 0.252 e. The van der Waals surface area contributed by atoms with Crippen molar-refractivity contribution in [3.63, 3.8) is 0 Å². The summed E-state index contributed by atoms with van der Waals surface area (Å²) in [7, 11) is -4.07. The van der Waals surface area contributed by atoms with Gasteiger partial charge < -0.3 is 4.98 Å². The van der Waals surface area contributed by atoms with Crippen LogP contribution in [0, 0.1) is 6.92 Å². The fourth-order valence-corrected chi connectivity index (χ4v) is 6.41. The highest BCUT2D eigenvalue weighted by molar-refractivity contribution is 9.10. The summed E-state index contributed by atoms with van der Waals surface area (Å²) in [5.74, 6) is -0.958. The third-order valence-corrected chi connectivity index (χ3v) is 8.91. The number of sulfonamides is 1. The molecule has 0 radical (unpaired) electrons. The molecule has 4 aromatic rings. The number of fused-ring (bicyclic) bond motifs is 1. The highest BCUT2D eigenvalue weighted by atomic mass is 79.9. The minimum atomic E-state index is -4.07. The molecule has 1 saturated heterocycles. The quantitative estimate of drug-likeness (QED) is 0.326. The van der Waals surface area contributed by atoms with E-state index < -0.39 is 27.9 Å². The van der Waals surface area contributed by atoms with Crippen LogP contribution in [-0.2, 0) is 26.0 Å². The van der Waals surface area contributed by atoms with E-state index in [9.17, 15) is 18.0 Å². The summed E-state index contributed by atoms with van der Waals surface area (Å²) in [4.78, 5) is 30.9. The van der Waals surface area contributed by atoms with Crippen molar-refractivity contribution in [3.8, 4) is 0 Å². The van der Waals surface area contributed by atoms with Crippen LogP contribution < -0.4 is 4.90 Å². The number of H-pyrrole nitrogens is 1. The topological polar surface area (TPSA) is 90.6 Å². The molecule has 184 valence electrons. The average Bonchev–Trinajstić information content (AvgIpc) is 3.40. The van der Waals surface area contributed by atoms with Crippen LogP contribution in [0.2, 0.25) is 0 Å². The second-order valence-corrected chi connectivity index (χ2v) is 11.6. The van der Waals surface area contributed by atoms with E-state index in [4.69, 9.17) is 0 Å². The minimum absolute atomic E-state index is 0.0473. The van der Waals surface area contributed by atoms with Crippen molar-refractivity contribution >= 4 is 54.4 Å². The number of aromatic amines is 1. The molecule has 1 unspecified atom stereocenters. The molecule has 2 heterocycles. The Labute approximate surface area is 217 Å². The first-order valence-corrected chi connectivity index (χ1v) is 13.7. The van der Waals surface area contributed by atoms with Gasteiger partial charge in [0, 0.05) is 28.1 Å². The third kappa shape index (κ3) is 4.50. The standard InChI is InChI=1S/C27H24BrN3O4S/c1-18-6-10-21(11-7-18)31-26(32)16-25(27(31)33)30(36(34,35)22-12-8-20(28)9-13-22)15-14-19-17-29-24-5-3-2-4-23(19)24/h2-13,17,25,29H,14-16H2,1H3. The van der Waals surface area contributed by atoms with E-state index in [-0.39, 0.29) is 17.9 Å². The molecule has 1 N–H and O–H groups in total. The lowest BCUT2D eigenvalue weighted by Gasteiger charge is -2.27. The Morgan fingerprint density at radius 1 is 1.00 bits per heavy atom. The van der Waals surface area contributed by atoms with Crippen LogP contribution in [0.1, 0.15) is 17.5 Å². The second-order valence-electron chi connectivity index (χ2n) is 8.80. The van der Waals surface area contributed by atoms with Gasteiger partial charge in [-0.25, -0.2) is 13.3 Å². The normalized spacial score (nSPS) is 16.4. The van der Waals surface area contributed by atoms with Gasteiger partial charge in [0.25, 0.3) is 5.91 Å². The predicted octanol–water partition coefficient (Wildman–Crippen LogP) is 4.80. The second kappa shape index (κ2) is 9.65. The Bertz CT molecular complexity index is 1550. The number of carbonyl (C=O) groups is 2. The average molecular weight is 566 g/mol. The number of amides is 2. The van der Waals surface area contributed by atoms with Crippen molar-refractivity contribution < 1.29 is 18.0 Å². The molecule has 2 amide bonds. The van der Waals surface area contributed by atoms with Crippen LogP contribution in [-0.4, -0.2) is 42.1 Å². The Hall–Kier alpha value is -3.27. The molecule has 5 rings (SSSR count). The van der Waals surface area contributed by atoms with Crippen molar-refractivity contribution in [1.82, 2.24) is 9.29 Å². The summed E-state index contributed by atoms with van der Waals surface area (Å²) in [6.45, 7) is 1.96. The van der Waals surface area contributed by atoms with Crippen molar-refractivity contribution in [2.45, 2.75) is 30.7 Å². The number of benzene rings is 3. The van der Waals surface area contributed by atoms with Gasteiger partial charge in [0.2, 0.25) is 15.9 Å². The van der Waals surface area contributed by atoms with Crippen molar-refractivity contribution in [1.29, 1.82) is 0 Å². The fourth-order valence-electron chi connectivity index (χ4n) is 4.56. The summed E-state index contributed by atoms with van der Waals surface area (Å²) in [5.41, 5.74) is 3.32. The highest BCUT2D eigenvalue weighted by Gasteiger charge is 2.46. The molecule has 0 spiro atoms. The van der Waals surface area contributed by atoms with E-state index in [2.05, 4.69) is 20.9 Å². The number of halogens is 1. The number of carbonyl (C=O) groups excluding carboxylic acids is 2. The Balaban J connectivity index is 1.51. The summed E-state index contributed by atoms with van der Waals surface area (Å²) in [5, 5.41) is 0.994. The van der Waals surface area contributed by atoms with Crippen molar-refractivity contribution in [2.24, 2.45) is 0 Å². The van der Waals surface area contributed by atoms with Gasteiger partial charge in [0.05, 0.1) is 17.0 Å². The predicted molar refractivity (Wildman–Crippen MR) is 142 cm³/mol. The van der Waals surface area contributed by atoms with Gasteiger partial charge in [-0.05, 0) is 61.4 Å². The zero-order valence-corrected chi connectivity index (χ0v) is 21.9. The van der Waals surface area contributed by atoms with Crippen LogP contribution >= 0.6 is 15.9 Å². The van der Waals surface area contributed by atoms with Gasteiger partial charge in [0.1, 0.15) is 6.04 Å². The van der Waals surface area contributed by atoms with Crippen LogP contribution in [0.25, 0.3) is 10.9 Å². The number of para-hydroxylation sites is 1. The maximum atomic E-state index is 13.8. The van der Waals surface area contributed by atoms with Crippen LogP contribution in [0.4, 0.5) is 5.69 Å². The lowest BCUT2D eigenvalue weighted by Crippen LogP contribution is -2.46. The van der Waals surface area contributed by atoms with E-state index in [0.29, 0.717) is 12.1 Å². The maximum absolute atomic E-state index is 13.8. The molecule has 7 nitrogen and oxygen atoms in total. The highest BCUT2D eigenvalue weighted by Crippen LogP contribution is 2.30. The number of hydrogen-bond acceptors (Lipinski definition) is 4. The van der Waals surface area contributed by atoms with Crippen LogP contribution in [0.5, 0.6) is 0 Å². The van der Waals surface area contributed by atoms with E-state index in [1.165, 1.54) is 16.4 Å². The van der Waals surface area contributed by atoms with E-state index in [0.717, 1.165) is 31.4 Å². The van der Waals surface area contributed by atoms with E-state index in [1.54, 1.807) is 24.3 Å². The third-order valence-electron chi connectivity index (χ3n) is 6.46. The van der Waals surface area contributed by atoms with Gasteiger partial charge in [-0.2, -0.15) is 4.31 Å². The zero-order chi connectivity index (χ0) is 25.4. The molecule has 1 aliphatic heterocycles. The van der Waals surface area contributed by atoms with Crippen LogP contribution in [0.3, 0.4) is 0 Å². The number of nitrogens with zero attached hydrogens (tertiary/aromatic N) is 2. The maximum Gasteiger partial charge on any atom is 0.252 e. The lowest BCUT2D eigenvalue weighted by atomic mass is 10.1. The van der Waals surface area contributed by atoms with Gasteiger partial charge in [0.15, 0.2) is 0 Å². The monoisotopic (exact) mass is 565 g/mol. The zero-order valence-electron chi connectivity index (χ0n) is 19.5. The summed E-state index contributed by atoms with van der Waals surface area (Å²) < 4.78 is 29.6. The number of rotatable bonds is 7. The number of aryl methyl sites for hydroxylation is 1. The van der Waals surface area contributed by atoms with Crippen LogP contribution in [0.15, 0.2) is 88.4 Å². The fraction of sp³-hybridized carbons (Fsp3) is 0.185. The molecule has 0 saturated carbocycles. The first-order chi connectivity index (χ1) is 17.3. The Morgan fingerprint density at radius 3 is 2.42 bits per heavy atom. The Kier molecular flexibility index (Phi) is 6.55. The molecule has 1 aromatic heterocycles. The number of nitrogens with one attached hydrogen (secondary N) is 1. The molecule has 0 aliphatic carbocycles. The summed E-state index contributed by atoms with van der Waals surface area (Å²) >= 11 is 3.33. The SMILES string of the molecule is Cc1ccc(N2C(=O)CC(N(CCc3c[nH]c4ccccc34)S(=O)(=O)c3ccc(Br)cc3)C2=O)cc1. The van der Waals surface area contributed by atoms with Gasteiger partial charge in [-0.1, -0.05) is 51.8 Å². The number of anilines is 1. The number of hydrogen-bond donors (Lipinski definition) is 1. The first kappa shape index (κ1) is 24.4. The van der Waals surface area contributed by atoms with Crippen molar-refractivity contribution in [3.05, 3.63) is 94.6 Å². The molecule has 1 aliphatic rings. The summed E-state index contributed by atoms with van der Waals surface area (Å²) in [6.07, 6.45) is 2.02. The molecular weight excluding hydrogens is 542 g/mol. The molecule has 36 heavy (non-hydrogen) atoms. The molecule has 1 fully saturated rings. The lowest BCUT2D eigenvalue weighted by molar-refractivity contribution is -0.122.